The van der Waals surface area contributed by atoms with Gasteiger partial charge in [0.1, 0.15) is 5.52 Å². The van der Waals surface area contributed by atoms with E-state index in [2.05, 4.69) is 28.0 Å². The number of nitrogens with zero attached hydrogens (tertiary/aromatic N) is 2. The van der Waals surface area contributed by atoms with Crippen molar-refractivity contribution in [2.75, 3.05) is 5.32 Å². The molecule has 2 aromatic heterocycles. The van der Waals surface area contributed by atoms with Gasteiger partial charge in [0.05, 0.1) is 16.0 Å². The molecule has 106 valence electrons. The molecule has 0 aliphatic carbocycles. The predicted molar refractivity (Wildman–Crippen MR) is 84.8 cm³/mol. The highest BCUT2D eigenvalue weighted by Gasteiger charge is 2.14. The van der Waals surface area contributed by atoms with Crippen LogP contribution in [0.4, 0.5) is 11.4 Å². The molecule has 0 atom stereocenters. The van der Waals surface area contributed by atoms with Crippen LogP contribution in [0.1, 0.15) is 11.1 Å². The number of nitro benzene ring substituents is 1. The second-order valence-corrected chi connectivity index (χ2v) is 5.47. The molecule has 0 saturated heterocycles. The minimum absolute atomic E-state index is 0.0790. The molecule has 0 aliphatic heterocycles. The van der Waals surface area contributed by atoms with E-state index in [1.165, 1.54) is 17.2 Å². The van der Waals surface area contributed by atoms with E-state index in [1.54, 1.807) is 35.7 Å². The van der Waals surface area contributed by atoms with Crippen LogP contribution in [0.25, 0.3) is 10.9 Å². The van der Waals surface area contributed by atoms with Crippen molar-refractivity contribution in [1.82, 2.24) is 4.98 Å². The van der Waals surface area contributed by atoms with Crippen LogP contribution in [0.5, 0.6) is 0 Å². The van der Waals surface area contributed by atoms with Gasteiger partial charge in [-0.2, -0.15) is 11.3 Å². The standard InChI is InChI=1S/C15H13N3O2S/c1-10-8-21-9-11(10)7-17-13-4-5-14(18(19)20)12-3-2-6-16-15(12)13/h2-6,8-9,17H,7H2,1H3. The largest absolute Gasteiger partial charge is 0.379 e. The van der Waals surface area contributed by atoms with Gasteiger partial charge in [0.15, 0.2) is 0 Å². The van der Waals surface area contributed by atoms with Gasteiger partial charge in [-0.05, 0) is 47.0 Å². The number of non-ortho nitro benzene ring substituents is 1. The molecule has 2 heterocycles. The van der Waals surface area contributed by atoms with E-state index in [1.807, 2.05) is 0 Å². The maximum absolute atomic E-state index is 11.1. The molecular formula is C15H13N3O2S. The lowest BCUT2D eigenvalue weighted by Crippen LogP contribution is -2.01. The monoisotopic (exact) mass is 299 g/mol. The fraction of sp³-hybridized carbons (Fsp3) is 0.133. The molecule has 0 aliphatic rings. The summed E-state index contributed by atoms with van der Waals surface area (Å²) >= 11 is 1.67. The first-order valence-corrected chi connectivity index (χ1v) is 7.39. The Bertz CT molecular complexity index is 814. The van der Waals surface area contributed by atoms with E-state index >= 15 is 0 Å². The lowest BCUT2D eigenvalue weighted by molar-refractivity contribution is -0.383. The van der Waals surface area contributed by atoms with Crippen molar-refractivity contribution >= 4 is 33.6 Å². The summed E-state index contributed by atoms with van der Waals surface area (Å²) in [6, 6.07) is 6.67. The molecule has 1 N–H and O–H groups in total. The smallest absolute Gasteiger partial charge is 0.278 e. The highest BCUT2D eigenvalue weighted by atomic mass is 32.1. The van der Waals surface area contributed by atoms with Crippen LogP contribution in [0.15, 0.2) is 41.2 Å². The van der Waals surface area contributed by atoms with E-state index in [4.69, 9.17) is 0 Å². The third-order valence-electron chi connectivity index (χ3n) is 3.37. The first-order valence-electron chi connectivity index (χ1n) is 6.44. The van der Waals surface area contributed by atoms with Gasteiger partial charge in [-0.15, -0.1) is 0 Å². The van der Waals surface area contributed by atoms with E-state index in [-0.39, 0.29) is 10.6 Å². The fourth-order valence-electron chi connectivity index (χ4n) is 2.22. The number of nitrogens with one attached hydrogen (secondary N) is 1. The molecule has 3 rings (SSSR count). The number of hydrogen-bond donors (Lipinski definition) is 1. The first-order chi connectivity index (χ1) is 10.2. The van der Waals surface area contributed by atoms with Gasteiger partial charge in [0.25, 0.3) is 5.69 Å². The summed E-state index contributed by atoms with van der Waals surface area (Å²) < 4.78 is 0. The zero-order valence-corrected chi connectivity index (χ0v) is 12.2. The molecule has 1 aromatic carbocycles. The third kappa shape index (κ3) is 2.57. The zero-order chi connectivity index (χ0) is 14.8. The molecule has 0 spiro atoms. The van der Waals surface area contributed by atoms with Crippen molar-refractivity contribution in [1.29, 1.82) is 0 Å². The number of benzene rings is 1. The number of aromatic nitrogens is 1. The van der Waals surface area contributed by atoms with Gasteiger partial charge in [-0.1, -0.05) is 0 Å². The minimum atomic E-state index is -0.378. The molecular weight excluding hydrogens is 286 g/mol. The SMILES string of the molecule is Cc1cscc1CNc1ccc([N+](=O)[O-])c2cccnc12. The highest BCUT2D eigenvalue weighted by Crippen LogP contribution is 2.30. The van der Waals surface area contributed by atoms with Crippen LogP contribution in [-0.2, 0) is 6.54 Å². The Hall–Kier alpha value is -2.47. The average molecular weight is 299 g/mol. The summed E-state index contributed by atoms with van der Waals surface area (Å²) in [5, 5.41) is 19.1. The van der Waals surface area contributed by atoms with Crippen LogP contribution >= 0.6 is 11.3 Å². The maximum Gasteiger partial charge on any atom is 0.278 e. The molecule has 0 amide bonds. The molecule has 5 nitrogen and oxygen atoms in total. The molecule has 0 saturated carbocycles. The first kappa shape index (κ1) is 13.5. The Morgan fingerprint density at radius 2 is 2.19 bits per heavy atom. The topological polar surface area (TPSA) is 68.1 Å². The van der Waals surface area contributed by atoms with Crippen LogP contribution in [0.3, 0.4) is 0 Å². The van der Waals surface area contributed by atoms with Crippen LogP contribution < -0.4 is 5.32 Å². The fourth-order valence-corrected chi connectivity index (χ4v) is 3.07. The number of pyridine rings is 1. The number of nitro groups is 1. The Balaban J connectivity index is 1.98. The predicted octanol–water partition coefficient (Wildman–Crippen LogP) is 4.13. The van der Waals surface area contributed by atoms with Crippen molar-refractivity contribution in [3.05, 3.63) is 62.5 Å². The number of thiophene rings is 1. The number of rotatable bonds is 4. The number of anilines is 1. The van der Waals surface area contributed by atoms with Gasteiger partial charge in [-0.3, -0.25) is 15.1 Å². The maximum atomic E-state index is 11.1. The molecule has 3 aromatic rings. The summed E-state index contributed by atoms with van der Waals surface area (Å²) in [6.07, 6.45) is 1.65. The Morgan fingerprint density at radius 3 is 2.90 bits per heavy atom. The number of fused-ring (bicyclic) bond motifs is 1. The zero-order valence-electron chi connectivity index (χ0n) is 11.4. The normalized spacial score (nSPS) is 10.7. The lowest BCUT2D eigenvalue weighted by Gasteiger charge is -2.09. The molecule has 6 heteroatoms. The van der Waals surface area contributed by atoms with Gasteiger partial charge in [0, 0.05) is 18.8 Å². The van der Waals surface area contributed by atoms with E-state index in [0.717, 1.165) is 5.69 Å². The molecule has 0 bridgehead atoms. The summed E-state index contributed by atoms with van der Waals surface area (Å²) in [6.45, 7) is 2.75. The highest BCUT2D eigenvalue weighted by molar-refractivity contribution is 7.08. The van der Waals surface area contributed by atoms with Crippen molar-refractivity contribution < 1.29 is 4.92 Å². The number of aryl methyl sites for hydroxylation is 1. The minimum Gasteiger partial charge on any atom is -0.379 e. The summed E-state index contributed by atoms with van der Waals surface area (Å²) in [4.78, 5) is 15.0. The van der Waals surface area contributed by atoms with Crippen molar-refractivity contribution in [3.8, 4) is 0 Å². The van der Waals surface area contributed by atoms with E-state index < -0.39 is 0 Å². The summed E-state index contributed by atoms with van der Waals surface area (Å²) in [7, 11) is 0. The quantitative estimate of drug-likeness (QED) is 0.581. The second-order valence-electron chi connectivity index (χ2n) is 4.72. The van der Waals surface area contributed by atoms with Gasteiger partial charge < -0.3 is 5.32 Å². The van der Waals surface area contributed by atoms with Crippen molar-refractivity contribution in [2.24, 2.45) is 0 Å². The molecule has 0 fully saturated rings. The van der Waals surface area contributed by atoms with Crippen LogP contribution in [0.2, 0.25) is 0 Å². The van der Waals surface area contributed by atoms with Gasteiger partial charge >= 0.3 is 0 Å². The Labute approximate surface area is 125 Å². The van der Waals surface area contributed by atoms with E-state index in [9.17, 15) is 10.1 Å². The van der Waals surface area contributed by atoms with Crippen LogP contribution in [-0.4, -0.2) is 9.91 Å². The Kier molecular flexibility index (Phi) is 3.53. The van der Waals surface area contributed by atoms with Gasteiger partial charge in [0.2, 0.25) is 0 Å². The van der Waals surface area contributed by atoms with Crippen molar-refractivity contribution in [3.63, 3.8) is 0 Å². The van der Waals surface area contributed by atoms with E-state index in [0.29, 0.717) is 17.4 Å². The van der Waals surface area contributed by atoms with Crippen molar-refractivity contribution in [2.45, 2.75) is 13.5 Å². The van der Waals surface area contributed by atoms with Crippen LogP contribution in [0, 0.1) is 17.0 Å². The lowest BCUT2D eigenvalue weighted by atomic mass is 10.1. The third-order valence-corrected chi connectivity index (χ3v) is 4.28. The summed E-state index contributed by atoms with van der Waals surface area (Å²) in [5.41, 5.74) is 3.98. The number of hydrogen-bond acceptors (Lipinski definition) is 5. The van der Waals surface area contributed by atoms with Gasteiger partial charge in [-0.25, -0.2) is 0 Å². The average Bonchev–Trinajstić information content (AvgIpc) is 2.89. The Morgan fingerprint density at radius 1 is 1.33 bits per heavy atom. The second kappa shape index (κ2) is 5.49. The molecule has 0 unspecified atom stereocenters. The molecule has 0 radical (unpaired) electrons. The summed E-state index contributed by atoms with van der Waals surface area (Å²) in [5.74, 6) is 0. The molecule has 21 heavy (non-hydrogen) atoms.